The summed E-state index contributed by atoms with van der Waals surface area (Å²) in [4.78, 5) is 0. The van der Waals surface area contributed by atoms with E-state index in [-0.39, 0.29) is 6.10 Å². The second-order valence-electron chi connectivity index (χ2n) is 5.21. The molecular formula is C15H22O2. The molecule has 0 radical (unpaired) electrons. The van der Waals surface area contributed by atoms with Crippen LogP contribution in [-0.4, -0.2) is 18.3 Å². The van der Waals surface area contributed by atoms with Gasteiger partial charge in [0.2, 0.25) is 0 Å². The molecule has 1 saturated carbocycles. The van der Waals surface area contributed by atoms with Crippen molar-refractivity contribution in [2.75, 3.05) is 7.11 Å². The molecule has 1 aliphatic carbocycles. The summed E-state index contributed by atoms with van der Waals surface area (Å²) in [7, 11) is 1.70. The van der Waals surface area contributed by atoms with Crippen molar-refractivity contribution in [2.45, 2.75) is 51.2 Å². The maximum absolute atomic E-state index is 10.9. The summed E-state index contributed by atoms with van der Waals surface area (Å²) < 4.78 is 5.50. The van der Waals surface area contributed by atoms with Gasteiger partial charge in [-0.05, 0) is 37.8 Å². The first-order chi connectivity index (χ1) is 8.08. The predicted molar refractivity (Wildman–Crippen MR) is 69.1 cm³/mol. The lowest BCUT2D eigenvalue weighted by Crippen LogP contribution is -2.43. The van der Waals surface area contributed by atoms with Gasteiger partial charge in [-0.15, -0.1) is 0 Å². The molecule has 2 atom stereocenters. The maximum Gasteiger partial charge on any atom is 0.116 e. The molecule has 0 saturated heterocycles. The molecule has 1 aromatic carbocycles. The van der Waals surface area contributed by atoms with Gasteiger partial charge in [0.15, 0.2) is 0 Å². The smallest absolute Gasteiger partial charge is 0.116 e. The summed E-state index contributed by atoms with van der Waals surface area (Å²) in [5, 5.41) is 10.9. The lowest BCUT2D eigenvalue weighted by molar-refractivity contribution is -0.123. The van der Waals surface area contributed by atoms with Crippen LogP contribution in [0.1, 0.15) is 42.4 Å². The number of aryl methyl sites for hydroxylation is 2. The van der Waals surface area contributed by atoms with Crippen molar-refractivity contribution in [3.63, 3.8) is 0 Å². The van der Waals surface area contributed by atoms with Gasteiger partial charge < -0.3 is 9.84 Å². The van der Waals surface area contributed by atoms with Gasteiger partial charge in [-0.25, -0.2) is 0 Å². The molecule has 0 amide bonds. The molecular weight excluding hydrogens is 212 g/mol. The van der Waals surface area contributed by atoms with Crippen LogP contribution in [0.25, 0.3) is 0 Å². The molecule has 0 spiro atoms. The van der Waals surface area contributed by atoms with Gasteiger partial charge in [0, 0.05) is 7.11 Å². The molecule has 1 fully saturated rings. The van der Waals surface area contributed by atoms with Crippen LogP contribution in [0.15, 0.2) is 18.2 Å². The average Bonchev–Trinajstić information content (AvgIpc) is 2.29. The van der Waals surface area contributed by atoms with E-state index in [1.807, 2.05) is 0 Å². The fourth-order valence-electron chi connectivity index (χ4n) is 3.04. The predicted octanol–water partition coefficient (Wildman–Crippen LogP) is 3.08. The van der Waals surface area contributed by atoms with Gasteiger partial charge in [0.05, 0.1) is 6.10 Å². The van der Waals surface area contributed by atoms with E-state index in [9.17, 15) is 5.11 Å². The van der Waals surface area contributed by atoms with Crippen molar-refractivity contribution >= 4 is 0 Å². The number of ether oxygens (including phenoxy) is 1. The summed E-state index contributed by atoms with van der Waals surface area (Å²) in [5.41, 5.74) is 2.64. The van der Waals surface area contributed by atoms with Crippen molar-refractivity contribution in [2.24, 2.45) is 0 Å². The van der Waals surface area contributed by atoms with Crippen LogP contribution in [0, 0.1) is 13.8 Å². The molecule has 0 bridgehead atoms. The zero-order chi connectivity index (χ0) is 12.5. The molecule has 94 valence electrons. The van der Waals surface area contributed by atoms with E-state index in [1.165, 1.54) is 5.56 Å². The van der Waals surface area contributed by atoms with Crippen molar-refractivity contribution in [1.82, 2.24) is 0 Å². The topological polar surface area (TPSA) is 29.5 Å². The van der Waals surface area contributed by atoms with Crippen LogP contribution in [0.2, 0.25) is 0 Å². The van der Waals surface area contributed by atoms with Crippen LogP contribution in [0.3, 0.4) is 0 Å². The van der Waals surface area contributed by atoms with Crippen LogP contribution in [0.4, 0.5) is 0 Å². The highest BCUT2D eigenvalue weighted by Crippen LogP contribution is 2.40. The minimum absolute atomic E-state index is 0.0716. The standard InChI is InChI=1S/C15H22O2/c1-11-7-8-13(12(2)10-11)15(16)9-5-4-6-14(15)17-3/h7-8,10,14,16H,4-6,9H2,1-3H3. The van der Waals surface area contributed by atoms with E-state index < -0.39 is 5.60 Å². The molecule has 1 aromatic rings. The lowest BCUT2D eigenvalue weighted by Gasteiger charge is -2.40. The summed E-state index contributed by atoms with van der Waals surface area (Å²) >= 11 is 0. The van der Waals surface area contributed by atoms with Crippen molar-refractivity contribution < 1.29 is 9.84 Å². The molecule has 17 heavy (non-hydrogen) atoms. The van der Waals surface area contributed by atoms with Gasteiger partial charge in [0.1, 0.15) is 5.60 Å². The third-order valence-electron chi connectivity index (χ3n) is 3.94. The first-order valence-corrected chi connectivity index (χ1v) is 6.41. The highest BCUT2D eigenvalue weighted by molar-refractivity contribution is 5.36. The van der Waals surface area contributed by atoms with Crippen LogP contribution >= 0.6 is 0 Å². The molecule has 1 N–H and O–H groups in total. The third-order valence-corrected chi connectivity index (χ3v) is 3.94. The zero-order valence-corrected chi connectivity index (χ0v) is 11.0. The second-order valence-corrected chi connectivity index (χ2v) is 5.21. The lowest BCUT2D eigenvalue weighted by atomic mass is 9.75. The van der Waals surface area contributed by atoms with Crippen molar-refractivity contribution in [3.8, 4) is 0 Å². The van der Waals surface area contributed by atoms with Crippen molar-refractivity contribution in [1.29, 1.82) is 0 Å². The quantitative estimate of drug-likeness (QED) is 0.852. The molecule has 0 aliphatic heterocycles. The van der Waals surface area contributed by atoms with Crippen LogP contribution < -0.4 is 0 Å². The Balaban J connectivity index is 2.41. The molecule has 2 heteroatoms. The van der Waals surface area contributed by atoms with E-state index in [1.54, 1.807) is 7.11 Å². The Bertz CT molecular complexity index is 400. The molecule has 2 unspecified atom stereocenters. The highest BCUT2D eigenvalue weighted by atomic mass is 16.5. The van der Waals surface area contributed by atoms with E-state index >= 15 is 0 Å². The minimum Gasteiger partial charge on any atom is -0.382 e. The number of rotatable bonds is 2. The number of methoxy groups -OCH3 is 1. The zero-order valence-electron chi connectivity index (χ0n) is 11.0. The van der Waals surface area contributed by atoms with Gasteiger partial charge >= 0.3 is 0 Å². The Labute approximate surface area is 104 Å². The largest absolute Gasteiger partial charge is 0.382 e. The summed E-state index contributed by atoms with van der Waals surface area (Å²) in [6.07, 6.45) is 3.89. The van der Waals surface area contributed by atoms with E-state index in [2.05, 4.69) is 32.0 Å². The highest BCUT2D eigenvalue weighted by Gasteiger charge is 2.41. The van der Waals surface area contributed by atoms with Gasteiger partial charge in [0.25, 0.3) is 0 Å². The minimum atomic E-state index is -0.801. The number of aliphatic hydroxyl groups is 1. The maximum atomic E-state index is 10.9. The van der Waals surface area contributed by atoms with E-state index in [0.29, 0.717) is 0 Å². The summed E-state index contributed by atoms with van der Waals surface area (Å²) in [5.74, 6) is 0. The molecule has 1 aliphatic rings. The van der Waals surface area contributed by atoms with Crippen LogP contribution in [-0.2, 0) is 10.3 Å². The summed E-state index contributed by atoms with van der Waals surface area (Å²) in [6, 6.07) is 6.26. The van der Waals surface area contributed by atoms with Gasteiger partial charge in [-0.3, -0.25) is 0 Å². The normalized spacial score (nSPS) is 29.3. The monoisotopic (exact) mass is 234 g/mol. The molecule has 0 heterocycles. The SMILES string of the molecule is COC1CCCCC1(O)c1ccc(C)cc1C. The first-order valence-electron chi connectivity index (χ1n) is 6.41. The Morgan fingerprint density at radius 3 is 2.71 bits per heavy atom. The Morgan fingerprint density at radius 1 is 1.29 bits per heavy atom. The molecule has 0 aromatic heterocycles. The molecule has 2 rings (SSSR count). The van der Waals surface area contributed by atoms with Gasteiger partial charge in [-0.1, -0.05) is 36.6 Å². The fraction of sp³-hybridized carbons (Fsp3) is 0.600. The Hall–Kier alpha value is -0.860. The van der Waals surface area contributed by atoms with Crippen molar-refractivity contribution in [3.05, 3.63) is 34.9 Å². The Kier molecular flexibility index (Phi) is 3.55. The Morgan fingerprint density at radius 2 is 2.06 bits per heavy atom. The number of benzene rings is 1. The molecule has 2 nitrogen and oxygen atoms in total. The third kappa shape index (κ3) is 2.24. The van der Waals surface area contributed by atoms with Gasteiger partial charge in [-0.2, -0.15) is 0 Å². The first kappa shape index (κ1) is 12.6. The summed E-state index contributed by atoms with van der Waals surface area (Å²) in [6.45, 7) is 4.15. The number of hydrogen-bond acceptors (Lipinski definition) is 2. The fourth-order valence-corrected chi connectivity index (χ4v) is 3.04. The van der Waals surface area contributed by atoms with Crippen LogP contribution in [0.5, 0.6) is 0 Å². The van der Waals surface area contributed by atoms with E-state index in [4.69, 9.17) is 4.74 Å². The van der Waals surface area contributed by atoms with E-state index in [0.717, 1.165) is 36.8 Å². The average molecular weight is 234 g/mol. The second kappa shape index (κ2) is 4.79. The number of hydrogen-bond donors (Lipinski definition) is 1.